The molecule has 0 amide bonds. The molecule has 21 heavy (non-hydrogen) atoms. The summed E-state index contributed by atoms with van der Waals surface area (Å²) >= 11 is 0. The van der Waals surface area contributed by atoms with Crippen molar-refractivity contribution in [3.05, 3.63) is 65.2 Å². The average molecular weight is 293 g/mol. The predicted octanol–water partition coefficient (Wildman–Crippen LogP) is 2.80. The number of benzene rings is 2. The number of halogens is 2. The normalized spacial score (nSPS) is 12.2. The van der Waals surface area contributed by atoms with Gasteiger partial charge in [-0.25, -0.2) is 8.78 Å². The van der Waals surface area contributed by atoms with Crippen LogP contribution >= 0.6 is 0 Å². The standard InChI is InChI=1S/C16H17F2NO2/c1-21-13-5-2-11(3-6-13)9-19-10-16(20)14-8-12(17)4-7-15(14)18/h2-8,16,19-20H,9-10H2,1H3. The van der Waals surface area contributed by atoms with Crippen molar-refractivity contribution in [1.29, 1.82) is 0 Å². The van der Waals surface area contributed by atoms with Crippen molar-refractivity contribution in [1.82, 2.24) is 5.32 Å². The molecular formula is C16H17F2NO2. The fourth-order valence-corrected chi connectivity index (χ4v) is 1.98. The number of ether oxygens (including phenoxy) is 1. The Bertz CT molecular complexity index is 587. The molecule has 0 fully saturated rings. The van der Waals surface area contributed by atoms with E-state index in [1.54, 1.807) is 7.11 Å². The molecule has 2 rings (SSSR count). The zero-order chi connectivity index (χ0) is 15.2. The highest BCUT2D eigenvalue weighted by Gasteiger charge is 2.13. The third-order valence-corrected chi connectivity index (χ3v) is 3.14. The zero-order valence-electron chi connectivity index (χ0n) is 11.6. The Labute approximate surface area is 122 Å². The molecule has 0 bridgehead atoms. The summed E-state index contributed by atoms with van der Waals surface area (Å²) in [6.45, 7) is 0.643. The van der Waals surface area contributed by atoms with E-state index in [2.05, 4.69) is 5.32 Å². The predicted molar refractivity (Wildman–Crippen MR) is 76.0 cm³/mol. The van der Waals surface area contributed by atoms with Crippen molar-refractivity contribution >= 4 is 0 Å². The molecule has 2 N–H and O–H groups in total. The molecule has 0 heterocycles. The lowest BCUT2D eigenvalue weighted by molar-refractivity contribution is 0.169. The molecule has 0 aliphatic carbocycles. The number of methoxy groups -OCH3 is 1. The number of aliphatic hydroxyl groups excluding tert-OH is 1. The lowest BCUT2D eigenvalue weighted by Crippen LogP contribution is -2.21. The molecule has 0 spiro atoms. The number of hydrogen-bond donors (Lipinski definition) is 2. The van der Waals surface area contributed by atoms with Gasteiger partial charge < -0.3 is 15.2 Å². The average Bonchev–Trinajstić information content (AvgIpc) is 2.50. The van der Waals surface area contributed by atoms with E-state index in [1.165, 1.54) is 0 Å². The molecule has 0 aliphatic heterocycles. The summed E-state index contributed by atoms with van der Waals surface area (Å²) < 4.78 is 31.6. The zero-order valence-corrected chi connectivity index (χ0v) is 11.6. The second-order valence-electron chi connectivity index (χ2n) is 4.66. The molecule has 2 aromatic rings. The highest BCUT2D eigenvalue weighted by Crippen LogP contribution is 2.18. The van der Waals surface area contributed by atoms with Gasteiger partial charge in [0.1, 0.15) is 17.4 Å². The van der Waals surface area contributed by atoms with Crippen LogP contribution in [0.3, 0.4) is 0 Å². The first kappa shape index (κ1) is 15.4. The SMILES string of the molecule is COc1ccc(CNCC(O)c2cc(F)ccc2F)cc1. The summed E-state index contributed by atoms with van der Waals surface area (Å²) in [7, 11) is 1.59. The maximum absolute atomic E-state index is 13.5. The van der Waals surface area contributed by atoms with Crippen molar-refractivity contribution in [2.45, 2.75) is 12.6 Å². The van der Waals surface area contributed by atoms with E-state index < -0.39 is 17.7 Å². The first-order chi connectivity index (χ1) is 10.1. The fraction of sp³-hybridized carbons (Fsp3) is 0.250. The molecule has 3 nitrogen and oxygen atoms in total. The summed E-state index contributed by atoms with van der Waals surface area (Å²) in [6, 6.07) is 10.5. The molecule has 0 aromatic heterocycles. The van der Waals surface area contributed by atoms with Crippen molar-refractivity contribution in [3.8, 4) is 5.75 Å². The first-order valence-electron chi connectivity index (χ1n) is 6.57. The van der Waals surface area contributed by atoms with E-state index in [4.69, 9.17) is 4.74 Å². The summed E-state index contributed by atoms with van der Waals surface area (Å²) in [5.41, 5.74) is 0.958. The number of aliphatic hydroxyl groups is 1. The van der Waals surface area contributed by atoms with E-state index in [9.17, 15) is 13.9 Å². The molecule has 2 aromatic carbocycles. The Kier molecular flexibility index (Phi) is 5.25. The maximum atomic E-state index is 13.5. The van der Waals surface area contributed by atoms with E-state index >= 15 is 0 Å². The van der Waals surface area contributed by atoms with Crippen LogP contribution in [0.4, 0.5) is 8.78 Å². The van der Waals surface area contributed by atoms with Crippen LogP contribution in [0.2, 0.25) is 0 Å². The fourth-order valence-electron chi connectivity index (χ4n) is 1.98. The molecular weight excluding hydrogens is 276 g/mol. The highest BCUT2D eigenvalue weighted by molar-refractivity contribution is 5.27. The quantitative estimate of drug-likeness (QED) is 0.860. The molecule has 0 radical (unpaired) electrons. The molecule has 0 aliphatic rings. The van der Waals surface area contributed by atoms with Crippen LogP contribution < -0.4 is 10.1 Å². The summed E-state index contributed by atoms with van der Waals surface area (Å²) in [5, 5.41) is 12.9. The lowest BCUT2D eigenvalue weighted by atomic mass is 10.1. The molecule has 0 saturated heterocycles. The Balaban J connectivity index is 1.88. The van der Waals surface area contributed by atoms with Crippen LogP contribution in [0.15, 0.2) is 42.5 Å². The van der Waals surface area contributed by atoms with Gasteiger partial charge in [-0.2, -0.15) is 0 Å². The van der Waals surface area contributed by atoms with Gasteiger partial charge in [0.2, 0.25) is 0 Å². The van der Waals surface area contributed by atoms with Gasteiger partial charge in [-0.15, -0.1) is 0 Å². The minimum Gasteiger partial charge on any atom is -0.497 e. The van der Waals surface area contributed by atoms with Gasteiger partial charge in [0.05, 0.1) is 13.2 Å². The minimum absolute atomic E-state index is 0.0442. The highest BCUT2D eigenvalue weighted by atomic mass is 19.1. The molecule has 1 unspecified atom stereocenters. The van der Waals surface area contributed by atoms with E-state index in [0.29, 0.717) is 6.54 Å². The van der Waals surface area contributed by atoms with Crippen molar-refractivity contribution in [2.75, 3.05) is 13.7 Å². The molecule has 1 atom stereocenters. The van der Waals surface area contributed by atoms with Crippen LogP contribution in [-0.2, 0) is 6.54 Å². The van der Waals surface area contributed by atoms with Crippen molar-refractivity contribution in [3.63, 3.8) is 0 Å². The Morgan fingerprint density at radius 1 is 1.14 bits per heavy atom. The summed E-state index contributed by atoms with van der Waals surface area (Å²) in [4.78, 5) is 0. The van der Waals surface area contributed by atoms with Gasteiger partial charge in [-0.3, -0.25) is 0 Å². The molecule has 112 valence electrons. The maximum Gasteiger partial charge on any atom is 0.129 e. The van der Waals surface area contributed by atoms with Gasteiger partial charge in [-0.05, 0) is 35.9 Å². The largest absolute Gasteiger partial charge is 0.497 e. The second kappa shape index (κ2) is 7.15. The van der Waals surface area contributed by atoms with Gasteiger partial charge >= 0.3 is 0 Å². The van der Waals surface area contributed by atoms with Crippen molar-refractivity contribution in [2.24, 2.45) is 0 Å². The lowest BCUT2D eigenvalue weighted by Gasteiger charge is -2.13. The Hall–Kier alpha value is -1.98. The third kappa shape index (κ3) is 4.24. The number of rotatable bonds is 6. The van der Waals surface area contributed by atoms with Crippen LogP contribution in [0.5, 0.6) is 5.75 Å². The Morgan fingerprint density at radius 2 is 1.86 bits per heavy atom. The number of hydrogen-bond acceptors (Lipinski definition) is 3. The van der Waals surface area contributed by atoms with Crippen LogP contribution in [0.25, 0.3) is 0 Å². The first-order valence-corrected chi connectivity index (χ1v) is 6.57. The van der Waals surface area contributed by atoms with E-state index in [1.807, 2.05) is 24.3 Å². The van der Waals surface area contributed by atoms with Gasteiger partial charge in [0, 0.05) is 18.7 Å². The third-order valence-electron chi connectivity index (χ3n) is 3.14. The monoisotopic (exact) mass is 293 g/mol. The Morgan fingerprint density at radius 3 is 2.52 bits per heavy atom. The topological polar surface area (TPSA) is 41.5 Å². The van der Waals surface area contributed by atoms with Gasteiger partial charge in [0.25, 0.3) is 0 Å². The van der Waals surface area contributed by atoms with Crippen molar-refractivity contribution < 1.29 is 18.6 Å². The molecule has 5 heteroatoms. The van der Waals surface area contributed by atoms with Gasteiger partial charge in [0.15, 0.2) is 0 Å². The smallest absolute Gasteiger partial charge is 0.129 e. The van der Waals surface area contributed by atoms with Crippen LogP contribution in [0.1, 0.15) is 17.2 Å². The summed E-state index contributed by atoms with van der Waals surface area (Å²) in [6.07, 6.45) is -1.10. The van der Waals surface area contributed by atoms with Crippen LogP contribution in [-0.4, -0.2) is 18.8 Å². The van der Waals surface area contributed by atoms with E-state index in [-0.39, 0.29) is 12.1 Å². The molecule has 0 saturated carbocycles. The van der Waals surface area contributed by atoms with Crippen LogP contribution in [0, 0.1) is 11.6 Å². The second-order valence-corrected chi connectivity index (χ2v) is 4.66. The van der Waals surface area contributed by atoms with Gasteiger partial charge in [-0.1, -0.05) is 12.1 Å². The minimum atomic E-state index is -1.10. The van der Waals surface area contributed by atoms with E-state index in [0.717, 1.165) is 29.5 Å². The number of nitrogens with one attached hydrogen (secondary N) is 1. The summed E-state index contributed by atoms with van der Waals surface area (Å²) in [5.74, 6) is -0.420.